The Balaban J connectivity index is 1.35. The molecule has 0 bridgehead atoms. The SMILES string of the molecule is COc1ccc(-c2nnc(SCC(=O)c3ccc4c(c3)CC(=O)N4)n2C[C@@H]2CCCO2)cc1. The highest BCUT2D eigenvalue weighted by Crippen LogP contribution is 2.29. The van der Waals surface area contributed by atoms with E-state index < -0.39 is 0 Å². The molecular formula is C24H24N4O4S. The lowest BCUT2D eigenvalue weighted by Crippen LogP contribution is -2.17. The first kappa shape index (κ1) is 21.7. The van der Waals surface area contributed by atoms with Crippen molar-refractivity contribution in [2.24, 2.45) is 0 Å². The molecule has 2 aliphatic heterocycles. The first-order valence-electron chi connectivity index (χ1n) is 10.9. The molecule has 0 spiro atoms. The molecule has 3 aromatic rings. The molecule has 2 aromatic carbocycles. The summed E-state index contributed by atoms with van der Waals surface area (Å²) in [5.41, 5.74) is 3.16. The number of ketones is 1. The van der Waals surface area contributed by atoms with Crippen LogP contribution in [0.5, 0.6) is 5.75 Å². The van der Waals surface area contributed by atoms with E-state index in [0.717, 1.165) is 47.8 Å². The van der Waals surface area contributed by atoms with Gasteiger partial charge < -0.3 is 14.8 Å². The van der Waals surface area contributed by atoms with Gasteiger partial charge in [-0.3, -0.25) is 14.2 Å². The van der Waals surface area contributed by atoms with Crippen LogP contribution in [0.2, 0.25) is 0 Å². The Bertz CT molecular complexity index is 1190. The summed E-state index contributed by atoms with van der Waals surface area (Å²) in [5, 5.41) is 12.3. The number of Topliss-reactive ketones (excluding diaryl/α,β-unsaturated/α-hetero) is 1. The van der Waals surface area contributed by atoms with Crippen molar-refractivity contribution in [3.05, 3.63) is 53.6 Å². The number of nitrogens with zero attached hydrogens (tertiary/aromatic N) is 3. The Morgan fingerprint density at radius 1 is 1.24 bits per heavy atom. The molecule has 0 radical (unpaired) electrons. The fourth-order valence-corrected chi connectivity index (χ4v) is 4.96. The second kappa shape index (κ2) is 9.36. The summed E-state index contributed by atoms with van der Waals surface area (Å²) < 4.78 is 13.2. The van der Waals surface area contributed by atoms with Crippen molar-refractivity contribution in [3.8, 4) is 17.1 Å². The number of anilines is 1. The number of fused-ring (bicyclic) bond motifs is 1. The van der Waals surface area contributed by atoms with E-state index in [4.69, 9.17) is 9.47 Å². The third-order valence-corrected chi connectivity index (χ3v) is 6.83. The van der Waals surface area contributed by atoms with Crippen LogP contribution in [0.1, 0.15) is 28.8 Å². The van der Waals surface area contributed by atoms with Gasteiger partial charge in [-0.2, -0.15) is 0 Å². The van der Waals surface area contributed by atoms with Crippen molar-refractivity contribution in [3.63, 3.8) is 0 Å². The Labute approximate surface area is 195 Å². The van der Waals surface area contributed by atoms with Gasteiger partial charge in [-0.25, -0.2) is 0 Å². The summed E-state index contributed by atoms with van der Waals surface area (Å²) in [4.78, 5) is 24.5. The van der Waals surface area contributed by atoms with Crippen LogP contribution in [0.4, 0.5) is 5.69 Å². The number of amides is 1. The van der Waals surface area contributed by atoms with Crippen LogP contribution in [-0.2, 0) is 22.5 Å². The first-order chi connectivity index (χ1) is 16.1. The fourth-order valence-electron chi connectivity index (χ4n) is 4.12. The summed E-state index contributed by atoms with van der Waals surface area (Å²) in [6.45, 7) is 1.40. The smallest absolute Gasteiger partial charge is 0.228 e. The Morgan fingerprint density at radius 2 is 2.09 bits per heavy atom. The van der Waals surface area contributed by atoms with Gasteiger partial charge in [-0.15, -0.1) is 10.2 Å². The molecule has 2 aliphatic rings. The minimum absolute atomic E-state index is 0.0141. The monoisotopic (exact) mass is 464 g/mol. The molecule has 1 fully saturated rings. The molecule has 1 aromatic heterocycles. The van der Waals surface area contributed by atoms with Crippen molar-refractivity contribution in [1.29, 1.82) is 0 Å². The van der Waals surface area contributed by atoms with Crippen LogP contribution >= 0.6 is 11.8 Å². The summed E-state index contributed by atoms with van der Waals surface area (Å²) in [6, 6.07) is 13.0. The summed E-state index contributed by atoms with van der Waals surface area (Å²) in [7, 11) is 1.63. The molecule has 0 saturated carbocycles. The molecule has 1 saturated heterocycles. The molecule has 1 amide bonds. The van der Waals surface area contributed by atoms with Gasteiger partial charge in [0.2, 0.25) is 5.91 Å². The third kappa shape index (κ3) is 4.65. The minimum Gasteiger partial charge on any atom is -0.497 e. The van der Waals surface area contributed by atoms with Crippen LogP contribution in [-0.4, -0.2) is 52.0 Å². The van der Waals surface area contributed by atoms with E-state index in [1.165, 1.54) is 11.8 Å². The van der Waals surface area contributed by atoms with Crippen molar-refractivity contribution >= 4 is 29.1 Å². The Kier molecular flexibility index (Phi) is 6.15. The maximum atomic E-state index is 12.9. The largest absolute Gasteiger partial charge is 0.497 e. The normalized spacial score (nSPS) is 17.1. The number of aromatic nitrogens is 3. The average molecular weight is 465 g/mol. The second-order valence-corrected chi connectivity index (χ2v) is 9.03. The molecule has 5 rings (SSSR count). The predicted molar refractivity (Wildman–Crippen MR) is 125 cm³/mol. The number of benzene rings is 2. The number of hydrogen-bond acceptors (Lipinski definition) is 7. The van der Waals surface area contributed by atoms with Crippen LogP contribution < -0.4 is 10.1 Å². The first-order valence-corrected chi connectivity index (χ1v) is 11.9. The van der Waals surface area contributed by atoms with E-state index in [0.29, 0.717) is 23.7 Å². The van der Waals surface area contributed by atoms with Crippen LogP contribution in [0.25, 0.3) is 11.4 Å². The van der Waals surface area contributed by atoms with Gasteiger partial charge in [0.15, 0.2) is 16.8 Å². The lowest BCUT2D eigenvalue weighted by molar-refractivity contribution is -0.115. The Morgan fingerprint density at radius 3 is 2.85 bits per heavy atom. The molecule has 1 N–H and O–H groups in total. The van der Waals surface area contributed by atoms with Crippen LogP contribution in [0.15, 0.2) is 47.6 Å². The maximum Gasteiger partial charge on any atom is 0.228 e. The molecule has 1 atom stereocenters. The minimum atomic E-state index is -0.0442. The van der Waals surface area contributed by atoms with Crippen molar-refractivity contribution in [2.75, 3.05) is 24.8 Å². The zero-order valence-electron chi connectivity index (χ0n) is 18.2. The molecule has 0 aliphatic carbocycles. The standard InChI is InChI=1S/C24H24N4O4S/c1-31-18-7-4-15(5-8-18)23-26-27-24(28(23)13-19-3-2-10-32-19)33-14-21(29)16-6-9-20-17(11-16)12-22(30)25-20/h4-9,11,19H,2-3,10,12-14H2,1H3,(H,25,30)/t19-/m0/s1. The number of carbonyl (C=O) groups excluding carboxylic acids is 2. The van der Waals surface area contributed by atoms with E-state index in [1.807, 2.05) is 28.8 Å². The predicted octanol–water partition coefficient (Wildman–Crippen LogP) is 3.60. The number of hydrogen-bond donors (Lipinski definition) is 1. The molecule has 0 unspecified atom stereocenters. The van der Waals surface area contributed by atoms with Crippen molar-refractivity contribution in [2.45, 2.75) is 37.1 Å². The van der Waals surface area contributed by atoms with Crippen LogP contribution in [0, 0.1) is 0 Å². The summed E-state index contributed by atoms with van der Waals surface area (Å²) >= 11 is 1.37. The number of rotatable bonds is 8. The highest BCUT2D eigenvalue weighted by molar-refractivity contribution is 7.99. The highest BCUT2D eigenvalue weighted by Gasteiger charge is 2.23. The zero-order valence-corrected chi connectivity index (χ0v) is 19.1. The van der Waals surface area contributed by atoms with Crippen molar-refractivity contribution < 1.29 is 19.1 Å². The van der Waals surface area contributed by atoms with Gasteiger partial charge in [-0.1, -0.05) is 11.8 Å². The molecule has 9 heteroatoms. The molecule has 8 nitrogen and oxygen atoms in total. The number of nitrogens with one attached hydrogen (secondary N) is 1. The summed E-state index contributed by atoms with van der Waals surface area (Å²) in [6.07, 6.45) is 2.45. The number of methoxy groups -OCH3 is 1. The maximum absolute atomic E-state index is 12.9. The van der Waals surface area contributed by atoms with E-state index >= 15 is 0 Å². The topological polar surface area (TPSA) is 95.3 Å². The van der Waals surface area contributed by atoms with Gasteiger partial charge in [0.05, 0.1) is 31.9 Å². The van der Waals surface area contributed by atoms with Gasteiger partial charge >= 0.3 is 0 Å². The molecule has 33 heavy (non-hydrogen) atoms. The van der Waals surface area contributed by atoms with Crippen LogP contribution in [0.3, 0.4) is 0 Å². The quantitative estimate of drug-likeness (QED) is 0.402. The third-order valence-electron chi connectivity index (χ3n) is 5.86. The lowest BCUT2D eigenvalue weighted by atomic mass is 10.1. The number of thioether (sulfide) groups is 1. The molecule has 170 valence electrons. The second-order valence-electron chi connectivity index (χ2n) is 8.09. The Hall–Kier alpha value is -3.17. The van der Waals surface area contributed by atoms with Gasteiger partial charge in [0, 0.05) is 23.4 Å². The zero-order chi connectivity index (χ0) is 22.8. The fraction of sp³-hybridized carbons (Fsp3) is 0.333. The highest BCUT2D eigenvalue weighted by atomic mass is 32.2. The van der Waals surface area contributed by atoms with Gasteiger partial charge in [0.1, 0.15) is 5.75 Å². The van der Waals surface area contributed by atoms with Crippen molar-refractivity contribution in [1.82, 2.24) is 14.8 Å². The van der Waals surface area contributed by atoms with E-state index in [-0.39, 0.29) is 23.5 Å². The molecule has 3 heterocycles. The van der Waals surface area contributed by atoms with E-state index in [9.17, 15) is 9.59 Å². The van der Waals surface area contributed by atoms with E-state index in [2.05, 4.69) is 15.5 Å². The van der Waals surface area contributed by atoms with E-state index in [1.54, 1.807) is 25.3 Å². The molecular weight excluding hydrogens is 440 g/mol. The lowest BCUT2D eigenvalue weighted by Gasteiger charge is -2.15. The number of ether oxygens (including phenoxy) is 2. The number of carbonyl (C=O) groups is 2. The average Bonchev–Trinajstić information content (AvgIpc) is 3.57. The van der Waals surface area contributed by atoms with Gasteiger partial charge in [0.25, 0.3) is 0 Å². The van der Waals surface area contributed by atoms with Gasteiger partial charge in [-0.05, 0) is 60.9 Å². The summed E-state index contributed by atoms with van der Waals surface area (Å²) in [5.74, 6) is 1.68.